The van der Waals surface area contributed by atoms with Gasteiger partial charge in [-0.05, 0) is 20.8 Å². The van der Waals surface area contributed by atoms with Crippen LogP contribution in [-0.4, -0.2) is 36.0 Å². The summed E-state index contributed by atoms with van der Waals surface area (Å²) in [6.45, 7) is 4.13. The van der Waals surface area contributed by atoms with Crippen LogP contribution in [0.25, 0.3) is 0 Å². The summed E-state index contributed by atoms with van der Waals surface area (Å²) in [6, 6.07) is -1.83. The second-order valence-electron chi connectivity index (χ2n) is 3.93. The van der Waals surface area contributed by atoms with E-state index in [1.54, 1.807) is 13.8 Å². The van der Waals surface area contributed by atoms with Gasteiger partial charge >= 0.3 is 18.0 Å². The van der Waals surface area contributed by atoms with Gasteiger partial charge in [0.05, 0.1) is 0 Å². The zero-order chi connectivity index (χ0) is 14.7. The molecule has 0 radical (unpaired) electrons. The van der Waals surface area contributed by atoms with Gasteiger partial charge in [0.1, 0.15) is 6.04 Å². The quantitative estimate of drug-likeness (QED) is 0.758. The predicted octanol–water partition coefficient (Wildman–Crippen LogP) is 1.21. The van der Waals surface area contributed by atoms with Crippen LogP contribution in [0.3, 0.4) is 0 Å². The molecule has 0 spiro atoms. The molecule has 0 bridgehead atoms. The third-order valence-electron chi connectivity index (χ3n) is 1.81. The van der Waals surface area contributed by atoms with Crippen molar-refractivity contribution in [3.63, 3.8) is 0 Å². The molecule has 4 nitrogen and oxygen atoms in total. The average molecular weight is 276 g/mol. The third kappa shape index (κ3) is 4.11. The Labute approximate surface area is 99.9 Å². The second-order valence-corrected chi connectivity index (χ2v) is 3.93. The maximum atomic E-state index is 12.5. The Balaban J connectivity index is 4.63. The van der Waals surface area contributed by atoms with Gasteiger partial charge in [0.2, 0.25) is 5.91 Å². The maximum Gasteiger partial charge on any atom is 0.463 e. The van der Waals surface area contributed by atoms with Crippen LogP contribution in [0.2, 0.25) is 0 Å². The first kappa shape index (κ1) is 16.6. The standard InChI is InChI=1S/C9H13F5N2O2/c1-4(2)15-6(17)5(3)16-7(18)8(10,11)9(12,13)14/h4-5H,1-3H3,(H,15,17)(H,16,18). The van der Waals surface area contributed by atoms with Crippen molar-refractivity contribution in [1.29, 1.82) is 0 Å². The zero-order valence-corrected chi connectivity index (χ0v) is 9.86. The lowest BCUT2D eigenvalue weighted by Crippen LogP contribution is -2.55. The van der Waals surface area contributed by atoms with E-state index in [-0.39, 0.29) is 6.04 Å². The minimum absolute atomic E-state index is 0.333. The fourth-order valence-electron chi connectivity index (χ4n) is 0.891. The highest BCUT2D eigenvalue weighted by Crippen LogP contribution is 2.35. The van der Waals surface area contributed by atoms with Gasteiger partial charge in [-0.2, -0.15) is 22.0 Å². The van der Waals surface area contributed by atoms with E-state index in [0.29, 0.717) is 0 Å². The molecule has 0 saturated heterocycles. The topological polar surface area (TPSA) is 58.2 Å². The fraction of sp³-hybridized carbons (Fsp3) is 0.778. The minimum Gasteiger partial charge on any atom is -0.352 e. The van der Waals surface area contributed by atoms with Crippen LogP contribution >= 0.6 is 0 Å². The van der Waals surface area contributed by atoms with E-state index in [9.17, 15) is 31.5 Å². The van der Waals surface area contributed by atoms with E-state index in [2.05, 4.69) is 5.32 Å². The normalized spacial score (nSPS) is 14.3. The second kappa shape index (κ2) is 5.49. The predicted molar refractivity (Wildman–Crippen MR) is 51.9 cm³/mol. The lowest BCUT2D eigenvalue weighted by atomic mass is 10.2. The van der Waals surface area contributed by atoms with Crippen LogP contribution in [0, 0.1) is 0 Å². The number of amides is 2. The van der Waals surface area contributed by atoms with Crippen molar-refractivity contribution in [2.75, 3.05) is 0 Å². The van der Waals surface area contributed by atoms with Crippen LogP contribution < -0.4 is 10.6 Å². The molecule has 0 heterocycles. The number of halogens is 5. The molecule has 106 valence electrons. The maximum absolute atomic E-state index is 12.5. The molecule has 0 rings (SSSR count). The number of hydrogen-bond donors (Lipinski definition) is 2. The van der Waals surface area contributed by atoms with Gasteiger partial charge in [0, 0.05) is 6.04 Å². The summed E-state index contributed by atoms with van der Waals surface area (Å²) < 4.78 is 60.6. The van der Waals surface area contributed by atoms with Gasteiger partial charge < -0.3 is 10.6 Å². The minimum atomic E-state index is -5.99. The molecule has 0 aliphatic heterocycles. The van der Waals surface area contributed by atoms with Crippen molar-refractivity contribution < 1.29 is 31.5 Å². The molecule has 0 aromatic rings. The molecule has 2 amide bonds. The van der Waals surface area contributed by atoms with E-state index in [4.69, 9.17) is 0 Å². The van der Waals surface area contributed by atoms with Crippen LogP contribution in [0.1, 0.15) is 20.8 Å². The van der Waals surface area contributed by atoms with Crippen molar-refractivity contribution >= 4 is 11.8 Å². The number of hydrogen-bond acceptors (Lipinski definition) is 2. The van der Waals surface area contributed by atoms with E-state index >= 15 is 0 Å². The molecular formula is C9H13F5N2O2. The summed E-state index contributed by atoms with van der Waals surface area (Å²) in [6.07, 6.45) is -5.99. The highest BCUT2D eigenvalue weighted by molar-refractivity contribution is 5.90. The Morgan fingerprint density at radius 2 is 1.39 bits per heavy atom. The van der Waals surface area contributed by atoms with E-state index < -0.39 is 30.0 Å². The van der Waals surface area contributed by atoms with Crippen molar-refractivity contribution in [3.05, 3.63) is 0 Å². The van der Waals surface area contributed by atoms with Crippen LogP contribution in [0.15, 0.2) is 0 Å². The Hall–Kier alpha value is -1.41. The number of rotatable bonds is 4. The van der Waals surface area contributed by atoms with Gasteiger partial charge in [-0.1, -0.05) is 0 Å². The molecule has 1 unspecified atom stereocenters. The van der Waals surface area contributed by atoms with Gasteiger partial charge in [-0.15, -0.1) is 0 Å². The van der Waals surface area contributed by atoms with Crippen LogP contribution in [0.5, 0.6) is 0 Å². The Kier molecular flexibility index (Phi) is 5.06. The lowest BCUT2D eigenvalue weighted by molar-refractivity contribution is -0.270. The van der Waals surface area contributed by atoms with Gasteiger partial charge in [0.15, 0.2) is 0 Å². The largest absolute Gasteiger partial charge is 0.463 e. The lowest BCUT2D eigenvalue weighted by Gasteiger charge is -2.21. The molecule has 2 N–H and O–H groups in total. The van der Waals surface area contributed by atoms with Gasteiger partial charge in [-0.25, -0.2) is 0 Å². The summed E-state index contributed by atoms with van der Waals surface area (Å²) in [5.41, 5.74) is 0. The fourth-order valence-corrected chi connectivity index (χ4v) is 0.891. The summed E-state index contributed by atoms with van der Waals surface area (Å²) in [5.74, 6) is -8.93. The highest BCUT2D eigenvalue weighted by Gasteiger charge is 2.63. The Bertz CT molecular complexity index is 327. The monoisotopic (exact) mass is 276 g/mol. The summed E-state index contributed by atoms with van der Waals surface area (Å²) >= 11 is 0. The van der Waals surface area contributed by atoms with Crippen molar-refractivity contribution in [2.45, 2.75) is 45.0 Å². The smallest absolute Gasteiger partial charge is 0.352 e. The highest BCUT2D eigenvalue weighted by atomic mass is 19.4. The first-order valence-corrected chi connectivity index (χ1v) is 4.95. The molecule has 1 atom stereocenters. The van der Waals surface area contributed by atoms with Gasteiger partial charge in [0.25, 0.3) is 0 Å². The average Bonchev–Trinajstić information content (AvgIpc) is 2.14. The van der Waals surface area contributed by atoms with Gasteiger partial charge in [-0.3, -0.25) is 9.59 Å². The Morgan fingerprint density at radius 3 is 1.72 bits per heavy atom. The molecule has 0 aliphatic carbocycles. The van der Waals surface area contributed by atoms with E-state index in [1.165, 1.54) is 5.32 Å². The third-order valence-corrected chi connectivity index (χ3v) is 1.81. The SMILES string of the molecule is CC(C)NC(=O)C(C)NC(=O)C(F)(F)C(F)(F)F. The molecular weight excluding hydrogens is 263 g/mol. The van der Waals surface area contributed by atoms with E-state index in [1.807, 2.05) is 0 Å². The molecule has 0 aromatic carbocycles. The molecule has 0 aromatic heterocycles. The van der Waals surface area contributed by atoms with Crippen LogP contribution in [-0.2, 0) is 9.59 Å². The Morgan fingerprint density at radius 1 is 0.944 bits per heavy atom. The number of alkyl halides is 5. The summed E-state index contributed by atoms with van der Waals surface area (Å²) in [4.78, 5) is 22.0. The number of carbonyl (C=O) groups is 2. The zero-order valence-electron chi connectivity index (χ0n) is 9.86. The molecule has 0 fully saturated rings. The number of carbonyl (C=O) groups excluding carboxylic acids is 2. The number of nitrogens with one attached hydrogen (secondary N) is 2. The first-order chi connectivity index (χ1) is 7.89. The van der Waals surface area contributed by atoms with Crippen molar-refractivity contribution in [2.24, 2.45) is 0 Å². The molecule has 0 aliphatic rings. The first-order valence-electron chi connectivity index (χ1n) is 4.95. The van der Waals surface area contributed by atoms with Crippen molar-refractivity contribution in [3.8, 4) is 0 Å². The van der Waals surface area contributed by atoms with Crippen molar-refractivity contribution in [1.82, 2.24) is 10.6 Å². The summed E-state index contributed by atoms with van der Waals surface area (Å²) in [5, 5.41) is 3.57. The molecule has 18 heavy (non-hydrogen) atoms. The molecule has 0 saturated carbocycles. The van der Waals surface area contributed by atoms with Crippen LogP contribution in [0.4, 0.5) is 22.0 Å². The van der Waals surface area contributed by atoms with E-state index in [0.717, 1.165) is 6.92 Å². The molecule has 9 heteroatoms. The summed E-state index contributed by atoms with van der Waals surface area (Å²) in [7, 11) is 0.